The number of aryl methyl sites for hydroxylation is 1. The number of aromatic nitrogens is 2. The first-order valence-corrected chi connectivity index (χ1v) is 9.79. The summed E-state index contributed by atoms with van der Waals surface area (Å²) in [7, 11) is 0. The minimum Gasteiger partial charge on any atom is -0.321 e. The molecule has 0 unspecified atom stereocenters. The van der Waals surface area contributed by atoms with Crippen LogP contribution in [0.5, 0.6) is 0 Å². The maximum atomic E-state index is 12.5. The van der Waals surface area contributed by atoms with Crippen LogP contribution in [0, 0.1) is 6.92 Å². The molecule has 2 amide bonds. The Hall–Kier alpha value is -3.87. The maximum Gasteiger partial charge on any atom is 0.330 e. The van der Waals surface area contributed by atoms with Gasteiger partial charge in [-0.2, -0.15) is 0 Å². The highest BCUT2D eigenvalue weighted by Gasteiger charge is 2.21. The molecule has 2 heterocycles. The third kappa shape index (κ3) is 3.96. The molecule has 0 bridgehead atoms. The Bertz CT molecular complexity index is 1170. The van der Waals surface area contributed by atoms with Crippen molar-refractivity contribution < 1.29 is 9.59 Å². The molecule has 0 saturated carbocycles. The summed E-state index contributed by atoms with van der Waals surface area (Å²) in [5, 5.41) is 2.83. The quantitative estimate of drug-likeness (QED) is 0.642. The van der Waals surface area contributed by atoms with Crippen LogP contribution >= 0.6 is 0 Å². The van der Waals surface area contributed by atoms with E-state index in [1.807, 2.05) is 37.3 Å². The third-order valence-electron chi connectivity index (χ3n) is 5.07. The van der Waals surface area contributed by atoms with Crippen molar-refractivity contribution in [3.63, 3.8) is 0 Å². The predicted molar refractivity (Wildman–Crippen MR) is 117 cm³/mol. The second-order valence-corrected chi connectivity index (χ2v) is 7.15. The van der Waals surface area contributed by atoms with E-state index in [0.717, 1.165) is 29.9 Å². The number of nitrogens with one attached hydrogen (secondary N) is 2. The minimum atomic E-state index is -0.303. The van der Waals surface area contributed by atoms with Gasteiger partial charge in [0.05, 0.1) is 11.4 Å². The summed E-state index contributed by atoms with van der Waals surface area (Å²) in [5.74, 6) is -0.157. The molecule has 0 atom stereocenters. The number of H-pyrrole nitrogens is 1. The number of hydrogen-bond donors (Lipinski definition) is 2. The number of hydrogen-bond acceptors (Lipinski definition) is 3. The first kappa shape index (κ1) is 19.4. The molecular formula is C23H22N4O3. The lowest BCUT2D eigenvalue weighted by atomic mass is 10.2. The fourth-order valence-corrected chi connectivity index (χ4v) is 3.56. The molecule has 1 fully saturated rings. The smallest absolute Gasteiger partial charge is 0.321 e. The summed E-state index contributed by atoms with van der Waals surface area (Å²) in [4.78, 5) is 40.8. The number of imidazole rings is 1. The predicted octanol–water partition coefficient (Wildman–Crippen LogP) is 3.25. The van der Waals surface area contributed by atoms with E-state index in [0.29, 0.717) is 17.8 Å². The van der Waals surface area contributed by atoms with Crippen LogP contribution < -0.4 is 15.9 Å². The zero-order chi connectivity index (χ0) is 21.1. The van der Waals surface area contributed by atoms with Gasteiger partial charge in [-0.3, -0.25) is 14.2 Å². The molecule has 4 rings (SSSR count). The van der Waals surface area contributed by atoms with Crippen molar-refractivity contribution in [1.29, 1.82) is 0 Å². The number of aromatic amines is 1. The highest BCUT2D eigenvalue weighted by Crippen LogP contribution is 2.22. The monoisotopic (exact) mass is 402 g/mol. The van der Waals surface area contributed by atoms with E-state index >= 15 is 0 Å². The molecule has 2 N–H and O–H groups in total. The first-order chi connectivity index (χ1) is 14.5. The van der Waals surface area contributed by atoms with Gasteiger partial charge in [0.25, 0.3) is 0 Å². The van der Waals surface area contributed by atoms with Crippen LogP contribution in [0.3, 0.4) is 0 Å². The molecule has 1 aliphatic rings. The molecule has 1 aliphatic heterocycles. The normalized spacial score (nSPS) is 13.9. The number of amides is 2. The minimum absolute atomic E-state index is 0.146. The molecule has 7 nitrogen and oxygen atoms in total. The molecule has 1 aromatic heterocycles. The molecule has 3 aromatic rings. The third-order valence-corrected chi connectivity index (χ3v) is 5.07. The fraction of sp³-hybridized carbons (Fsp3) is 0.174. The number of benzene rings is 2. The average molecular weight is 402 g/mol. The number of rotatable bonds is 5. The number of carbonyl (C=O) groups is 2. The van der Waals surface area contributed by atoms with Crippen molar-refractivity contribution >= 4 is 29.3 Å². The zero-order valence-electron chi connectivity index (χ0n) is 16.6. The summed E-state index contributed by atoms with van der Waals surface area (Å²) >= 11 is 0. The van der Waals surface area contributed by atoms with Gasteiger partial charge in [-0.1, -0.05) is 24.3 Å². The maximum absolute atomic E-state index is 12.5. The van der Waals surface area contributed by atoms with Crippen molar-refractivity contribution in [3.8, 4) is 5.69 Å². The van der Waals surface area contributed by atoms with Crippen molar-refractivity contribution in [2.75, 3.05) is 16.8 Å². The van der Waals surface area contributed by atoms with E-state index < -0.39 is 0 Å². The lowest BCUT2D eigenvalue weighted by Crippen LogP contribution is -2.23. The largest absolute Gasteiger partial charge is 0.330 e. The molecule has 7 heteroatoms. The molecule has 30 heavy (non-hydrogen) atoms. The van der Waals surface area contributed by atoms with Gasteiger partial charge in [0, 0.05) is 36.6 Å². The van der Waals surface area contributed by atoms with E-state index in [-0.39, 0.29) is 17.5 Å². The highest BCUT2D eigenvalue weighted by molar-refractivity contribution is 6.03. The van der Waals surface area contributed by atoms with Gasteiger partial charge in [-0.05, 0) is 49.2 Å². The van der Waals surface area contributed by atoms with Crippen molar-refractivity contribution in [3.05, 3.63) is 82.5 Å². The molecule has 0 aliphatic carbocycles. The van der Waals surface area contributed by atoms with Gasteiger partial charge < -0.3 is 15.2 Å². The number of nitrogens with zero attached hydrogens (tertiary/aromatic N) is 2. The lowest BCUT2D eigenvalue weighted by Gasteiger charge is -2.15. The summed E-state index contributed by atoms with van der Waals surface area (Å²) in [6, 6.07) is 14.7. The van der Waals surface area contributed by atoms with E-state index in [2.05, 4.69) is 10.3 Å². The lowest BCUT2D eigenvalue weighted by molar-refractivity contribution is -0.117. The summed E-state index contributed by atoms with van der Waals surface area (Å²) in [6.07, 6.45) is 6.26. The average Bonchev–Trinajstić information content (AvgIpc) is 3.32. The van der Waals surface area contributed by atoms with Crippen molar-refractivity contribution in [2.45, 2.75) is 19.8 Å². The second-order valence-electron chi connectivity index (χ2n) is 7.15. The Balaban J connectivity index is 1.47. The molecular weight excluding hydrogens is 380 g/mol. The summed E-state index contributed by atoms with van der Waals surface area (Å²) < 4.78 is 1.51. The van der Waals surface area contributed by atoms with Gasteiger partial charge in [0.2, 0.25) is 11.8 Å². The molecule has 152 valence electrons. The molecule has 2 aromatic carbocycles. The Morgan fingerprint density at radius 1 is 1.10 bits per heavy atom. The Labute approximate surface area is 173 Å². The summed E-state index contributed by atoms with van der Waals surface area (Å²) in [5.41, 5.74) is 3.35. The molecule has 1 saturated heterocycles. The van der Waals surface area contributed by atoms with Crippen LogP contribution in [0.4, 0.5) is 11.4 Å². The van der Waals surface area contributed by atoms with Crippen LogP contribution in [-0.4, -0.2) is 27.9 Å². The number of para-hydroxylation sites is 2. The Morgan fingerprint density at radius 2 is 1.87 bits per heavy atom. The van der Waals surface area contributed by atoms with Crippen LogP contribution in [-0.2, 0) is 9.59 Å². The number of anilines is 2. The van der Waals surface area contributed by atoms with Crippen molar-refractivity contribution in [1.82, 2.24) is 9.55 Å². The van der Waals surface area contributed by atoms with Gasteiger partial charge in [0.15, 0.2) is 0 Å². The highest BCUT2D eigenvalue weighted by atomic mass is 16.2. The second kappa shape index (κ2) is 8.24. The fourth-order valence-electron chi connectivity index (χ4n) is 3.56. The van der Waals surface area contributed by atoms with Crippen LogP contribution in [0.2, 0.25) is 0 Å². The zero-order valence-corrected chi connectivity index (χ0v) is 16.6. The van der Waals surface area contributed by atoms with E-state index in [1.165, 1.54) is 10.6 Å². The molecule has 0 spiro atoms. The van der Waals surface area contributed by atoms with Crippen LogP contribution in [0.1, 0.15) is 24.1 Å². The Morgan fingerprint density at radius 3 is 2.53 bits per heavy atom. The summed E-state index contributed by atoms with van der Waals surface area (Å²) in [6.45, 7) is 2.56. The van der Waals surface area contributed by atoms with Gasteiger partial charge in [0.1, 0.15) is 0 Å². The topological polar surface area (TPSA) is 87.2 Å². The number of carbonyl (C=O) groups excluding carboxylic acids is 2. The van der Waals surface area contributed by atoms with E-state index in [1.54, 1.807) is 35.4 Å². The van der Waals surface area contributed by atoms with Gasteiger partial charge in [-0.15, -0.1) is 0 Å². The van der Waals surface area contributed by atoms with Crippen LogP contribution in [0.25, 0.3) is 11.8 Å². The SMILES string of the molecule is Cc1c[nH]c(=O)n1-c1ccccc1NC(=O)/C=C/c1ccc(N2CCCC2=O)cc1. The van der Waals surface area contributed by atoms with Gasteiger partial charge >= 0.3 is 5.69 Å². The van der Waals surface area contributed by atoms with Crippen LogP contribution in [0.15, 0.2) is 65.6 Å². The van der Waals surface area contributed by atoms with Crippen molar-refractivity contribution in [2.24, 2.45) is 0 Å². The van der Waals surface area contributed by atoms with E-state index in [4.69, 9.17) is 0 Å². The standard InChI is InChI=1S/C23H22N4O3/c1-16-15-24-23(30)27(16)20-6-3-2-5-19(20)25-21(28)13-10-17-8-11-18(12-9-17)26-14-4-7-22(26)29/h2-3,5-6,8-13,15H,4,7,14H2,1H3,(H,24,30)(H,25,28)/b13-10+. The van der Waals surface area contributed by atoms with E-state index in [9.17, 15) is 14.4 Å². The first-order valence-electron chi connectivity index (χ1n) is 9.79. The Kier molecular flexibility index (Phi) is 5.34. The van der Waals surface area contributed by atoms with Gasteiger partial charge in [-0.25, -0.2) is 4.79 Å². The molecule has 0 radical (unpaired) electrons.